The van der Waals surface area contributed by atoms with Crippen molar-refractivity contribution in [3.63, 3.8) is 0 Å². The van der Waals surface area contributed by atoms with Crippen LogP contribution in [0.1, 0.15) is 19.3 Å². The molecule has 0 atom stereocenters. The Morgan fingerprint density at radius 2 is 0.667 bits per heavy atom. The topological polar surface area (TPSA) is 0 Å². The van der Waals surface area contributed by atoms with Gasteiger partial charge in [-0.3, -0.25) is 0 Å². The highest BCUT2D eigenvalue weighted by Crippen LogP contribution is 2.75. The average Bonchev–Trinajstić information content (AvgIpc) is 2.43. The highest BCUT2D eigenvalue weighted by molar-refractivity contribution is 6.54. The Morgan fingerprint density at radius 3 is 0.833 bits per heavy atom. The molecule has 0 unspecified atom stereocenters. The van der Waals surface area contributed by atoms with Crippen LogP contribution in [0.5, 0.6) is 0 Å². The van der Waals surface area contributed by atoms with Crippen molar-refractivity contribution in [2.75, 3.05) is 0 Å². The van der Waals surface area contributed by atoms with E-state index in [-0.39, 0.29) is 0 Å². The van der Waals surface area contributed by atoms with E-state index in [1.54, 1.807) is 0 Å². The summed E-state index contributed by atoms with van der Waals surface area (Å²) in [6.07, 6.45) is 1.13. The van der Waals surface area contributed by atoms with Crippen molar-refractivity contribution < 1.29 is 0 Å². The molecule has 0 spiro atoms. The Balaban J connectivity index is 3.99. The van der Waals surface area contributed by atoms with Gasteiger partial charge in [0.1, 0.15) is 29.0 Å². The van der Waals surface area contributed by atoms with Gasteiger partial charge in [-0.05, 0) is 12.8 Å². The van der Waals surface area contributed by atoms with E-state index in [0.29, 0.717) is 19.3 Å². The smallest absolute Gasteiger partial charge is 0.105 e. The van der Waals surface area contributed by atoms with E-state index in [4.69, 9.17) is 139 Å². The van der Waals surface area contributed by atoms with Crippen LogP contribution < -0.4 is 0 Å². The number of rotatable bonds is 6. The largest absolute Gasteiger partial charge is 0.117 e. The van der Waals surface area contributed by atoms with E-state index < -0.39 is 45.3 Å². The van der Waals surface area contributed by atoms with Crippen LogP contribution in [0.4, 0.5) is 0 Å². The van der Waals surface area contributed by atoms with Gasteiger partial charge in [-0.2, -0.15) is 0 Å². The van der Waals surface area contributed by atoms with Crippen LogP contribution in [-0.4, -0.2) is 29.0 Å². The van der Waals surface area contributed by atoms with Crippen molar-refractivity contribution in [3.8, 4) is 0 Å². The zero-order valence-corrected chi connectivity index (χ0v) is 20.7. The highest BCUT2D eigenvalue weighted by atomic mass is 35.6. The Bertz CT molecular complexity index is 364. The Hall–Kier alpha value is 3.48. The van der Waals surface area contributed by atoms with Crippen LogP contribution in [0, 0.1) is 16.2 Å². The Kier molecular flexibility index (Phi) is 10.1. The third kappa shape index (κ3) is 3.56. The monoisotopic (exact) mass is 576 g/mol. The van der Waals surface area contributed by atoms with E-state index in [1.807, 2.05) is 0 Å². The lowest BCUT2D eigenvalue weighted by molar-refractivity contribution is -0.0865. The lowest BCUT2D eigenvalue weighted by atomic mass is 9.47. The number of hydrogen-bond acceptors (Lipinski definition) is 0. The molecule has 1 aliphatic carbocycles. The minimum absolute atomic E-state index is 0.316. The first-order valence-corrected chi connectivity index (χ1v) is 11.8. The van der Waals surface area contributed by atoms with Crippen LogP contribution in [0.25, 0.3) is 0 Å². The first-order chi connectivity index (χ1) is 10.9. The first kappa shape index (κ1) is 25.5. The Morgan fingerprint density at radius 1 is 0.417 bits per heavy atom. The quantitative estimate of drug-likeness (QED) is 0.275. The predicted molar refractivity (Wildman–Crippen MR) is 114 cm³/mol. The van der Waals surface area contributed by atoms with E-state index in [1.165, 1.54) is 0 Å². The summed E-state index contributed by atoms with van der Waals surface area (Å²) in [6, 6.07) is 0. The lowest BCUT2D eigenvalue weighted by Crippen LogP contribution is -2.71. The van der Waals surface area contributed by atoms with E-state index in [2.05, 4.69) is 0 Å². The fourth-order valence-corrected chi connectivity index (χ4v) is 10.0. The molecule has 1 saturated carbocycles. The van der Waals surface area contributed by atoms with Crippen LogP contribution in [0.15, 0.2) is 0 Å². The van der Waals surface area contributed by atoms with Crippen molar-refractivity contribution in [2.45, 2.75) is 48.3 Å². The molecular formula is C12H12Cl12. The maximum atomic E-state index is 6.38. The van der Waals surface area contributed by atoms with Gasteiger partial charge in [0.2, 0.25) is 0 Å². The summed E-state index contributed by atoms with van der Waals surface area (Å²) in [4.78, 5) is -7.18. The van der Waals surface area contributed by atoms with Crippen LogP contribution in [0.2, 0.25) is 0 Å². The van der Waals surface area contributed by atoms with Crippen molar-refractivity contribution in [3.05, 3.63) is 0 Å². The molecule has 0 aromatic heterocycles. The molecule has 0 aromatic rings. The average molecular weight is 582 g/mol. The SMILES string of the molecule is ClC(Cl)C1(C(Cl)Cl)CCCC(C(Cl)Cl)(C(Cl)Cl)C1(C(Cl)Cl)C(Cl)Cl. The van der Waals surface area contributed by atoms with Gasteiger partial charge in [0.25, 0.3) is 0 Å². The summed E-state index contributed by atoms with van der Waals surface area (Å²) < 4.78 is 0. The van der Waals surface area contributed by atoms with Gasteiger partial charge >= 0.3 is 0 Å². The molecule has 12 heteroatoms. The third-order valence-corrected chi connectivity index (χ3v) is 9.46. The van der Waals surface area contributed by atoms with Gasteiger partial charge in [0, 0.05) is 10.8 Å². The zero-order valence-electron chi connectivity index (χ0n) is 11.6. The van der Waals surface area contributed by atoms with E-state index in [9.17, 15) is 0 Å². The molecule has 1 rings (SSSR count). The number of alkyl halides is 12. The van der Waals surface area contributed by atoms with E-state index >= 15 is 0 Å². The van der Waals surface area contributed by atoms with Crippen LogP contribution >= 0.6 is 139 Å². The normalized spacial score (nSPS) is 23.2. The van der Waals surface area contributed by atoms with E-state index in [0.717, 1.165) is 0 Å². The molecule has 24 heavy (non-hydrogen) atoms. The second-order valence-corrected chi connectivity index (χ2v) is 12.2. The minimum atomic E-state index is -1.60. The zero-order chi connectivity index (χ0) is 19.1. The summed E-state index contributed by atoms with van der Waals surface area (Å²) >= 11 is 76.0. The molecular weight excluding hydrogens is 570 g/mol. The molecule has 1 fully saturated rings. The molecule has 0 aliphatic heterocycles. The third-order valence-electron chi connectivity index (χ3n) is 4.97. The predicted octanol–water partition coefficient (Wildman–Crippen LogP) is 8.95. The van der Waals surface area contributed by atoms with Gasteiger partial charge in [0.05, 0.1) is 5.41 Å². The van der Waals surface area contributed by atoms with Gasteiger partial charge in [0.15, 0.2) is 0 Å². The molecule has 0 nitrogen and oxygen atoms in total. The number of hydrogen-bond donors (Lipinski definition) is 0. The first-order valence-electron chi connectivity index (χ1n) is 6.56. The summed E-state index contributed by atoms with van der Waals surface area (Å²) in [5.41, 5.74) is -4.34. The minimum Gasteiger partial charge on any atom is -0.105 e. The van der Waals surface area contributed by atoms with Crippen molar-refractivity contribution in [1.82, 2.24) is 0 Å². The molecule has 0 bridgehead atoms. The Labute approximate surface area is 201 Å². The van der Waals surface area contributed by atoms with Crippen LogP contribution in [-0.2, 0) is 0 Å². The van der Waals surface area contributed by atoms with Gasteiger partial charge in [-0.15, -0.1) is 139 Å². The fourth-order valence-electron chi connectivity index (χ4n) is 3.78. The van der Waals surface area contributed by atoms with Gasteiger partial charge in [-0.1, -0.05) is 6.42 Å². The molecule has 0 radical (unpaired) electrons. The standard InChI is InChI=1S/C12H12Cl12/c13-4(14)10(5(15)16)2-1-3-11(6(17)18,7(19)20)12(10,8(21)22)9(23)24/h4-9H,1-3H2. The maximum absolute atomic E-state index is 6.38. The molecule has 0 N–H and O–H groups in total. The van der Waals surface area contributed by atoms with Gasteiger partial charge in [-0.25, -0.2) is 0 Å². The molecule has 144 valence electrons. The fraction of sp³-hybridized carbons (Fsp3) is 1.00. The molecule has 0 heterocycles. The van der Waals surface area contributed by atoms with Crippen molar-refractivity contribution in [2.24, 2.45) is 16.2 Å². The van der Waals surface area contributed by atoms with Crippen molar-refractivity contribution in [1.29, 1.82) is 0 Å². The number of halogens is 12. The second kappa shape index (κ2) is 9.53. The van der Waals surface area contributed by atoms with Crippen molar-refractivity contribution >= 4 is 139 Å². The molecule has 0 aromatic carbocycles. The summed E-state index contributed by atoms with van der Waals surface area (Å²) in [5.74, 6) is 0. The van der Waals surface area contributed by atoms with Gasteiger partial charge < -0.3 is 0 Å². The highest BCUT2D eigenvalue weighted by Gasteiger charge is 2.77. The van der Waals surface area contributed by atoms with Crippen LogP contribution in [0.3, 0.4) is 0 Å². The molecule has 1 aliphatic rings. The molecule has 0 amide bonds. The molecule has 0 saturated heterocycles. The summed E-state index contributed by atoms with van der Waals surface area (Å²) in [5, 5.41) is 0. The maximum Gasteiger partial charge on any atom is 0.117 e. The summed E-state index contributed by atoms with van der Waals surface area (Å²) in [6.45, 7) is 0. The second-order valence-electron chi connectivity index (χ2n) is 5.61. The summed E-state index contributed by atoms with van der Waals surface area (Å²) in [7, 11) is 0. The lowest BCUT2D eigenvalue weighted by Gasteiger charge is -2.66.